The number of nitrogens with zero attached hydrogens (tertiary/aromatic N) is 1. The van der Waals surface area contributed by atoms with Crippen LogP contribution in [0.25, 0.3) is 0 Å². The van der Waals surface area contributed by atoms with Crippen molar-refractivity contribution in [2.24, 2.45) is 0 Å². The van der Waals surface area contributed by atoms with Crippen molar-refractivity contribution in [3.05, 3.63) is 39.6 Å². The maximum absolute atomic E-state index is 12.2. The van der Waals surface area contributed by atoms with Crippen LogP contribution in [-0.4, -0.2) is 16.1 Å². The van der Waals surface area contributed by atoms with Crippen molar-refractivity contribution in [2.75, 3.05) is 11.1 Å². The second-order valence-electron chi connectivity index (χ2n) is 5.03. The minimum absolute atomic E-state index is 0.192. The first-order valence-corrected chi connectivity index (χ1v) is 7.10. The summed E-state index contributed by atoms with van der Waals surface area (Å²) in [5, 5.41) is 9.62. The molecule has 0 aliphatic heterocycles. The highest BCUT2D eigenvalue weighted by molar-refractivity contribution is 9.10. The van der Waals surface area contributed by atoms with Crippen molar-refractivity contribution in [1.29, 1.82) is 0 Å². The number of amides is 1. The van der Waals surface area contributed by atoms with Crippen LogP contribution in [0.3, 0.4) is 0 Å². The molecule has 1 amide bonds. The highest BCUT2D eigenvalue weighted by Gasteiger charge is 2.19. The average Bonchev–Trinajstić information content (AvgIpc) is 2.69. The van der Waals surface area contributed by atoms with E-state index in [4.69, 9.17) is 5.73 Å². The third kappa shape index (κ3) is 3.01. The number of carbonyl (C=O) groups is 1. The third-order valence-corrected chi connectivity index (χ3v) is 3.38. The summed E-state index contributed by atoms with van der Waals surface area (Å²) < 4.78 is 0.908. The number of halogens is 1. The summed E-state index contributed by atoms with van der Waals surface area (Å²) >= 11 is 3.40. The molecule has 1 aromatic carbocycles. The Morgan fingerprint density at radius 2 is 2.10 bits per heavy atom. The second kappa shape index (κ2) is 5.66. The van der Waals surface area contributed by atoms with E-state index in [9.17, 15) is 4.79 Å². The van der Waals surface area contributed by atoms with Crippen molar-refractivity contribution in [1.82, 2.24) is 10.2 Å². The number of rotatable bonds is 3. The Balaban J connectivity index is 2.24. The van der Waals surface area contributed by atoms with Gasteiger partial charge in [-0.3, -0.25) is 9.89 Å². The van der Waals surface area contributed by atoms with E-state index in [1.54, 1.807) is 0 Å². The zero-order chi connectivity index (χ0) is 14.9. The molecule has 20 heavy (non-hydrogen) atoms. The van der Waals surface area contributed by atoms with Crippen LogP contribution in [0.1, 0.15) is 41.5 Å². The molecular weight excluding hydrogens is 320 g/mol. The normalized spacial score (nSPS) is 10.8. The quantitative estimate of drug-likeness (QED) is 0.802. The van der Waals surface area contributed by atoms with E-state index in [0.717, 1.165) is 15.7 Å². The Kier molecular flexibility index (Phi) is 4.13. The zero-order valence-corrected chi connectivity index (χ0v) is 13.2. The molecule has 0 aliphatic carbocycles. The van der Waals surface area contributed by atoms with Gasteiger partial charge < -0.3 is 11.1 Å². The Bertz CT molecular complexity index is 628. The van der Waals surface area contributed by atoms with Crippen LogP contribution in [0, 0.1) is 6.92 Å². The fraction of sp³-hybridized carbons (Fsp3) is 0.286. The summed E-state index contributed by atoms with van der Waals surface area (Å²) in [6.45, 7) is 5.94. The van der Waals surface area contributed by atoms with E-state index >= 15 is 0 Å². The first-order valence-electron chi connectivity index (χ1n) is 6.30. The molecule has 106 valence electrons. The lowest BCUT2D eigenvalue weighted by molar-refractivity contribution is 0.102. The molecule has 0 atom stereocenters. The smallest absolute Gasteiger partial charge is 0.278 e. The molecule has 0 fully saturated rings. The van der Waals surface area contributed by atoms with Crippen molar-refractivity contribution in [2.45, 2.75) is 26.7 Å². The number of nitrogen functional groups attached to an aromatic ring is 1. The van der Waals surface area contributed by atoms with Crippen LogP contribution in [-0.2, 0) is 0 Å². The average molecular weight is 337 g/mol. The minimum atomic E-state index is -0.317. The molecule has 5 nitrogen and oxygen atoms in total. The van der Waals surface area contributed by atoms with E-state index in [2.05, 4.69) is 31.4 Å². The highest BCUT2D eigenvalue weighted by Crippen LogP contribution is 2.24. The number of nitrogens with one attached hydrogen (secondary N) is 2. The largest absolute Gasteiger partial charge is 0.395 e. The maximum Gasteiger partial charge on any atom is 0.278 e. The molecule has 2 aromatic rings. The van der Waals surface area contributed by atoms with Gasteiger partial charge >= 0.3 is 0 Å². The molecule has 4 N–H and O–H groups in total. The Hall–Kier alpha value is -1.82. The number of nitrogens with two attached hydrogens (primary N) is 1. The molecule has 1 aromatic heterocycles. The molecule has 6 heteroatoms. The Morgan fingerprint density at radius 3 is 2.65 bits per heavy atom. The molecule has 0 aliphatic rings. The molecule has 0 radical (unpaired) electrons. The number of aryl methyl sites for hydroxylation is 1. The zero-order valence-electron chi connectivity index (χ0n) is 11.6. The Labute approximate surface area is 126 Å². The predicted molar refractivity (Wildman–Crippen MR) is 83.9 cm³/mol. The van der Waals surface area contributed by atoms with E-state index in [0.29, 0.717) is 11.4 Å². The van der Waals surface area contributed by atoms with Crippen LogP contribution >= 0.6 is 15.9 Å². The van der Waals surface area contributed by atoms with Gasteiger partial charge in [0.25, 0.3) is 5.91 Å². The number of carbonyl (C=O) groups excluding carboxylic acids is 1. The summed E-state index contributed by atoms with van der Waals surface area (Å²) in [7, 11) is 0. The van der Waals surface area contributed by atoms with Gasteiger partial charge in [0.1, 0.15) is 0 Å². The van der Waals surface area contributed by atoms with Crippen molar-refractivity contribution >= 4 is 33.2 Å². The number of aromatic nitrogens is 2. The van der Waals surface area contributed by atoms with Crippen LogP contribution in [0.15, 0.2) is 22.7 Å². The van der Waals surface area contributed by atoms with Gasteiger partial charge in [-0.25, -0.2) is 0 Å². The molecule has 0 unspecified atom stereocenters. The lowest BCUT2D eigenvalue weighted by atomic mass is 10.1. The molecule has 0 spiro atoms. The molecule has 0 saturated carbocycles. The molecular formula is C14H17BrN4O. The van der Waals surface area contributed by atoms with Gasteiger partial charge in [-0.2, -0.15) is 5.10 Å². The summed E-state index contributed by atoms with van der Waals surface area (Å²) in [5.41, 5.74) is 9.12. The van der Waals surface area contributed by atoms with Gasteiger partial charge in [0.05, 0.1) is 11.4 Å². The minimum Gasteiger partial charge on any atom is -0.395 e. The standard InChI is InChI=1S/C14H17BrN4O/c1-7(2)12-11(16)13(19-18-12)14(20)17-10-5-8(3)4-9(15)6-10/h4-7H,16H2,1-3H3,(H,17,20)(H,18,19). The summed E-state index contributed by atoms with van der Waals surface area (Å²) in [6.07, 6.45) is 0. The molecule has 2 rings (SSSR count). The number of benzene rings is 1. The van der Waals surface area contributed by atoms with Gasteiger partial charge in [-0.15, -0.1) is 0 Å². The lowest BCUT2D eigenvalue weighted by Gasteiger charge is -2.06. The molecule has 1 heterocycles. The number of hydrogen-bond donors (Lipinski definition) is 3. The van der Waals surface area contributed by atoms with Crippen molar-refractivity contribution in [3.63, 3.8) is 0 Å². The topological polar surface area (TPSA) is 83.8 Å². The number of aromatic amines is 1. The van der Waals surface area contributed by atoms with Crippen LogP contribution in [0.4, 0.5) is 11.4 Å². The van der Waals surface area contributed by atoms with Gasteiger partial charge in [0.2, 0.25) is 0 Å². The predicted octanol–water partition coefficient (Wildman–Crippen LogP) is 3.44. The van der Waals surface area contributed by atoms with Crippen LogP contribution in [0.2, 0.25) is 0 Å². The van der Waals surface area contributed by atoms with Gasteiger partial charge in [0.15, 0.2) is 5.69 Å². The summed E-state index contributed by atoms with van der Waals surface area (Å²) in [4.78, 5) is 12.2. The van der Waals surface area contributed by atoms with E-state index in [1.165, 1.54) is 0 Å². The van der Waals surface area contributed by atoms with E-state index in [1.807, 2.05) is 39.0 Å². The van der Waals surface area contributed by atoms with E-state index in [-0.39, 0.29) is 17.5 Å². The lowest BCUT2D eigenvalue weighted by Crippen LogP contribution is -2.14. The van der Waals surface area contributed by atoms with Crippen molar-refractivity contribution < 1.29 is 4.79 Å². The Morgan fingerprint density at radius 1 is 1.40 bits per heavy atom. The maximum atomic E-state index is 12.2. The fourth-order valence-electron chi connectivity index (χ4n) is 1.98. The number of H-pyrrole nitrogens is 1. The summed E-state index contributed by atoms with van der Waals surface area (Å²) in [6, 6.07) is 5.68. The van der Waals surface area contributed by atoms with Crippen LogP contribution in [0.5, 0.6) is 0 Å². The van der Waals surface area contributed by atoms with Gasteiger partial charge in [-0.1, -0.05) is 29.8 Å². The third-order valence-electron chi connectivity index (χ3n) is 2.93. The van der Waals surface area contributed by atoms with E-state index < -0.39 is 0 Å². The van der Waals surface area contributed by atoms with Crippen molar-refractivity contribution in [3.8, 4) is 0 Å². The summed E-state index contributed by atoms with van der Waals surface area (Å²) in [5.74, 6) is -0.125. The monoisotopic (exact) mass is 336 g/mol. The number of anilines is 2. The van der Waals surface area contributed by atoms with Crippen LogP contribution < -0.4 is 11.1 Å². The molecule has 0 bridgehead atoms. The fourth-order valence-corrected chi connectivity index (χ4v) is 2.58. The number of hydrogen-bond acceptors (Lipinski definition) is 3. The second-order valence-corrected chi connectivity index (χ2v) is 5.94. The highest BCUT2D eigenvalue weighted by atomic mass is 79.9. The SMILES string of the molecule is Cc1cc(Br)cc(NC(=O)c2n[nH]c(C(C)C)c2N)c1. The molecule has 0 saturated heterocycles. The first kappa shape index (κ1) is 14.6. The van der Waals surface area contributed by atoms with Gasteiger partial charge in [-0.05, 0) is 36.6 Å². The van der Waals surface area contributed by atoms with Gasteiger partial charge in [0, 0.05) is 10.2 Å². The first-order chi connectivity index (χ1) is 9.38.